The van der Waals surface area contributed by atoms with Gasteiger partial charge in [0.05, 0.1) is 6.54 Å². The molecule has 2 rings (SSSR count). The molecule has 2 heterocycles. The second-order valence-electron chi connectivity index (χ2n) is 4.07. The smallest absolute Gasteiger partial charge is 0.245 e. The van der Waals surface area contributed by atoms with E-state index in [0.717, 1.165) is 12.2 Å². The van der Waals surface area contributed by atoms with Gasteiger partial charge in [0, 0.05) is 30.9 Å². The van der Waals surface area contributed by atoms with Crippen LogP contribution in [0.2, 0.25) is 0 Å². The van der Waals surface area contributed by atoms with Crippen LogP contribution in [0.25, 0.3) is 6.08 Å². The summed E-state index contributed by atoms with van der Waals surface area (Å²) < 4.78 is 0. The average Bonchev–Trinajstić information content (AvgIpc) is 3.02. The van der Waals surface area contributed by atoms with Crippen LogP contribution in [0.4, 0.5) is 0 Å². The minimum absolute atomic E-state index is 0.0809. The minimum Gasteiger partial charge on any atom is -0.366 e. The highest BCUT2D eigenvalue weighted by Crippen LogP contribution is 2.10. The molecule has 0 radical (unpaired) electrons. The number of carbonyl (C=O) groups excluding carboxylic acids is 2. The van der Waals surface area contributed by atoms with E-state index in [2.05, 4.69) is 23.1 Å². The molecule has 102 valence electrons. The van der Waals surface area contributed by atoms with E-state index in [-0.39, 0.29) is 12.5 Å². The number of H-pyrrole nitrogens is 1. The van der Waals surface area contributed by atoms with Gasteiger partial charge >= 0.3 is 0 Å². The predicted molar refractivity (Wildman–Crippen MR) is 72.8 cm³/mol. The summed E-state index contributed by atoms with van der Waals surface area (Å²) in [6, 6.07) is 0. The summed E-state index contributed by atoms with van der Waals surface area (Å²) in [6.45, 7) is 7.99. The standard InChI is InChI=1S/C8H12N2O2.C5H6N2/c1-6(8(9)12)5-10-4-2-3-7(10)11;1-2-5-6-3-4-7-5/h1-5H2,(H2,9,12);2-4H,1H2,(H,6,7). The number of hydrogen-bond donors (Lipinski definition) is 2. The van der Waals surface area contributed by atoms with E-state index in [4.69, 9.17) is 5.73 Å². The molecule has 0 spiro atoms. The van der Waals surface area contributed by atoms with Gasteiger partial charge in [0.15, 0.2) is 0 Å². The molecule has 1 aliphatic heterocycles. The zero-order valence-corrected chi connectivity index (χ0v) is 10.8. The maximum atomic E-state index is 11.1. The van der Waals surface area contributed by atoms with Gasteiger partial charge in [-0.25, -0.2) is 4.98 Å². The zero-order valence-electron chi connectivity index (χ0n) is 10.8. The van der Waals surface area contributed by atoms with Crippen molar-refractivity contribution in [3.8, 4) is 0 Å². The molecule has 0 aromatic carbocycles. The van der Waals surface area contributed by atoms with Crippen LogP contribution in [-0.2, 0) is 9.59 Å². The number of aromatic amines is 1. The number of hydrogen-bond acceptors (Lipinski definition) is 3. The lowest BCUT2D eigenvalue weighted by molar-refractivity contribution is -0.127. The molecule has 19 heavy (non-hydrogen) atoms. The lowest BCUT2D eigenvalue weighted by Gasteiger charge is -2.14. The molecule has 1 fully saturated rings. The molecule has 1 aliphatic rings. The average molecular weight is 262 g/mol. The number of carbonyl (C=O) groups is 2. The van der Waals surface area contributed by atoms with Crippen LogP contribution in [0.1, 0.15) is 18.7 Å². The lowest BCUT2D eigenvalue weighted by atomic mass is 10.3. The number of nitrogens with two attached hydrogens (primary N) is 1. The highest BCUT2D eigenvalue weighted by Gasteiger charge is 2.21. The third-order valence-corrected chi connectivity index (χ3v) is 2.61. The number of nitrogens with one attached hydrogen (secondary N) is 1. The van der Waals surface area contributed by atoms with E-state index in [1.165, 1.54) is 0 Å². The number of imidazole rings is 1. The largest absolute Gasteiger partial charge is 0.366 e. The monoisotopic (exact) mass is 262 g/mol. The van der Waals surface area contributed by atoms with Gasteiger partial charge in [-0.15, -0.1) is 0 Å². The molecule has 2 amide bonds. The van der Waals surface area contributed by atoms with E-state index >= 15 is 0 Å². The molecule has 6 nitrogen and oxygen atoms in total. The Balaban J connectivity index is 0.000000218. The fraction of sp³-hybridized carbons (Fsp3) is 0.308. The van der Waals surface area contributed by atoms with Gasteiger partial charge in [-0.05, 0) is 12.5 Å². The van der Waals surface area contributed by atoms with Gasteiger partial charge < -0.3 is 15.6 Å². The SMILES string of the molecule is C=C(CN1CCCC1=O)C(N)=O.C=Cc1ncc[nH]1. The van der Waals surface area contributed by atoms with E-state index < -0.39 is 5.91 Å². The van der Waals surface area contributed by atoms with Crippen LogP contribution >= 0.6 is 0 Å². The molecule has 0 bridgehead atoms. The first-order valence-corrected chi connectivity index (χ1v) is 5.91. The van der Waals surface area contributed by atoms with Crippen molar-refractivity contribution in [1.29, 1.82) is 0 Å². The minimum atomic E-state index is -0.533. The molecule has 6 heteroatoms. The zero-order chi connectivity index (χ0) is 14.3. The van der Waals surface area contributed by atoms with Crippen molar-refractivity contribution in [2.24, 2.45) is 5.73 Å². The van der Waals surface area contributed by atoms with Crippen LogP contribution in [-0.4, -0.2) is 39.8 Å². The molecule has 0 aliphatic carbocycles. The van der Waals surface area contributed by atoms with Crippen molar-refractivity contribution in [3.05, 3.63) is 36.9 Å². The fourth-order valence-electron chi connectivity index (χ4n) is 1.57. The fourth-order valence-corrected chi connectivity index (χ4v) is 1.57. The number of likely N-dealkylation sites (tertiary alicyclic amines) is 1. The van der Waals surface area contributed by atoms with Crippen molar-refractivity contribution in [2.45, 2.75) is 12.8 Å². The summed E-state index contributed by atoms with van der Waals surface area (Å²) in [4.78, 5) is 30.0. The maximum Gasteiger partial charge on any atom is 0.245 e. The van der Waals surface area contributed by atoms with Crippen LogP contribution in [0.3, 0.4) is 0 Å². The van der Waals surface area contributed by atoms with E-state index in [1.54, 1.807) is 23.4 Å². The van der Waals surface area contributed by atoms with E-state index in [0.29, 0.717) is 18.5 Å². The summed E-state index contributed by atoms with van der Waals surface area (Å²) in [5.74, 6) is 0.368. The first-order chi connectivity index (χ1) is 9.04. The number of rotatable bonds is 4. The Morgan fingerprint density at radius 2 is 2.37 bits per heavy atom. The third-order valence-electron chi connectivity index (χ3n) is 2.61. The van der Waals surface area contributed by atoms with E-state index in [1.807, 2.05) is 0 Å². The molecular formula is C13H18N4O2. The Bertz CT molecular complexity index is 465. The Kier molecular flexibility index (Phi) is 5.53. The molecule has 1 aromatic heterocycles. The predicted octanol–water partition coefficient (Wildman–Crippen LogP) is 0.703. The molecule has 1 aromatic rings. The van der Waals surface area contributed by atoms with Crippen LogP contribution < -0.4 is 5.73 Å². The number of nitrogens with zero attached hydrogens (tertiary/aromatic N) is 2. The molecule has 0 atom stereocenters. The number of aromatic nitrogens is 2. The second kappa shape index (κ2) is 7.15. The highest BCUT2D eigenvalue weighted by molar-refractivity contribution is 5.92. The Labute approximate surface area is 112 Å². The quantitative estimate of drug-likeness (QED) is 0.782. The molecular weight excluding hydrogens is 244 g/mol. The van der Waals surface area contributed by atoms with Crippen molar-refractivity contribution in [3.63, 3.8) is 0 Å². The van der Waals surface area contributed by atoms with Crippen LogP contribution in [0, 0.1) is 0 Å². The summed E-state index contributed by atoms with van der Waals surface area (Å²) in [5.41, 5.74) is 5.28. The summed E-state index contributed by atoms with van der Waals surface area (Å²) in [7, 11) is 0. The van der Waals surface area contributed by atoms with Gasteiger partial charge in [-0.2, -0.15) is 0 Å². The van der Waals surface area contributed by atoms with Gasteiger partial charge in [-0.1, -0.05) is 13.2 Å². The summed E-state index contributed by atoms with van der Waals surface area (Å²) in [6.07, 6.45) is 6.56. The molecule has 0 saturated carbocycles. The van der Waals surface area contributed by atoms with Gasteiger partial charge in [0.2, 0.25) is 11.8 Å². The van der Waals surface area contributed by atoms with Crippen molar-refractivity contribution in [2.75, 3.05) is 13.1 Å². The number of primary amides is 1. The van der Waals surface area contributed by atoms with Crippen molar-refractivity contribution >= 4 is 17.9 Å². The first kappa shape index (κ1) is 14.7. The van der Waals surface area contributed by atoms with Gasteiger partial charge in [-0.3, -0.25) is 9.59 Å². The first-order valence-electron chi connectivity index (χ1n) is 5.91. The van der Waals surface area contributed by atoms with Crippen molar-refractivity contribution in [1.82, 2.24) is 14.9 Å². The highest BCUT2D eigenvalue weighted by atomic mass is 16.2. The Hall–Kier alpha value is -2.37. The van der Waals surface area contributed by atoms with Crippen molar-refractivity contribution < 1.29 is 9.59 Å². The van der Waals surface area contributed by atoms with Crippen LogP contribution in [0.15, 0.2) is 31.1 Å². The Morgan fingerprint density at radius 3 is 2.74 bits per heavy atom. The lowest BCUT2D eigenvalue weighted by Crippen LogP contribution is -2.30. The van der Waals surface area contributed by atoms with Crippen LogP contribution in [0.5, 0.6) is 0 Å². The topological polar surface area (TPSA) is 92.1 Å². The molecule has 0 unspecified atom stereocenters. The third kappa shape index (κ3) is 4.79. The van der Waals surface area contributed by atoms with Gasteiger partial charge in [0.25, 0.3) is 0 Å². The second-order valence-corrected chi connectivity index (χ2v) is 4.07. The normalized spacial score (nSPS) is 13.7. The summed E-state index contributed by atoms with van der Waals surface area (Å²) >= 11 is 0. The number of amides is 2. The Morgan fingerprint density at radius 1 is 1.63 bits per heavy atom. The van der Waals surface area contributed by atoms with E-state index in [9.17, 15) is 9.59 Å². The molecule has 3 N–H and O–H groups in total. The summed E-state index contributed by atoms with van der Waals surface area (Å²) in [5, 5.41) is 0. The molecule has 1 saturated heterocycles. The van der Waals surface area contributed by atoms with Gasteiger partial charge in [0.1, 0.15) is 5.82 Å². The maximum absolute atomic E-state index is 11.1.